The smallest absolute Gasteiger partial charge is 0.243 e. The van der Waals surface area contributed by atoms with Gasteiger partial charge in [-0.3, -0.25) is 14.5 Å². The number of carbonyl (C=O) groups is 2. The molecular weight excluding hydrogens is 585 g/mol. The largest absolute Gasteiger partial charge is 0.326 e. The predicted octanol–water partition coefficient (Wildman–Crippen LogP) is 8.17. The number of benzene rings is 3. The number of thioether (sulfide) groups is 1. The molecular formula is C36H36N4O2S2. The van der Waals surface area contributed by atoms with Gasteiger partial charge in [-0.2, -0.15) is 5.26 Å². The number of nitrogens with one attached hydrogen (secondary N) is 2. The molecule has 2 N–H and O–H groups in total. The van der Waals surface area contributed by atoms with Gasteiger partial charge in [0.15, 0.2) is 0 Å². The first-order valence-electron chi connectivity index (χ1n) is 15.3. The van der Waals surface area contributed by atoms with E-state index < -0.39 is 5.25 Å². The number of rotatable bonds is 9. The van der Waals surface area contributed by atoms with Gasteiger partial charge in [-0.05, 0) is 54.2 Å². The number of nitriles is 1. The summed E-state index contributed by atoms with van der Waals surface area (Å²) < 4.78 is 0. The number of anilines is 2. The lowest BCUT2D eigenvalue weighted by atomic mass is 9.88. The van der Waals surface area contributed by atoms with Crippen molar-refractivity contribution < 1.29 is 9.59 Å². The van der Waals surface area contributed by atoms with Crippen LogP contribution in [-0.2, 0) is 29.1 Å². The molecule has 1 aliphatic heterocycles. The molecule has 8 heteroatoms. The molecule has 1 fully saturated rings. The molecule has 1 atom stereocenters. The van der Waals surface area contributed by atoms with Gasteiger partial charge in [0.25, 0.3) is 0 Å². The average molecular weight is 621 g/mol. The average Bonchev–Trinajstić information content (AvgIpc) is 3.41. The Kier molecular flexibility index (Phi) is 9.76. The molecule has 1 aliphatic carbocycles. The number of fused-ring (bicyclic) bond motifs is 1. The van der Waals surface area contributed by atoms with E-state index in [2.05, 4.69) is 45.9 Å². The third kappa shape index (κ3) is 7.24. The van der Waals surface area contributed by atoms with Crippen molar-refractivity contribution in [1.82, 2.24) is 4.90 Å². The fraction of sp³-hybridized carbons (Fsp3) is 0.306. The Morgan fingerprint density at radius 2 is 1.70 bits per heavy atom. The van der Waals surface area contributed by atoms with E-state index in [1.165, 1.54) is 35.1 Å². The van der Waals surface area contributed by atoms with E-state index in [9.17, 15) is 14.9 Å². The highest BCUT2D eigenvalue weighted by Gasteiger charge is 2.29. The predicted molar refractivity (Wildman–Crippen MR) is 179 cm³/mol. The number of carbonyl (C=O) groups excluding carboxylic acids is 2. The Bertz CT molecular complexity index is 1640. The molecule has 0 radical (unpaired) electrons. The first-order chi connectivity index (χ1) is 21.6. The van der Waals surface area contributed by atoms with Gasteiger partial charge >= 0.3 is 0 Å². The maximum atomic E-state index is 14.0. The first-order valence-corrected chi connectivity index (χ1v) is 17.0. The number of thiophene rings is 1. The standard InChI is InChI=1S/C36H36N4O2S2/c37-22-31-30-19-20-40(23-25-11-4-1-5-12-25)24-32(30)44-36(31)39-35(42)33(26-13-6-2-7-14-26)43-29-18-10-17-28(21-29)38-34(41)27-15-8-3-9-16-27/h1-2,4-7,10-14,17-18,21,27,33H,3,8-9,15-16,19-20,23-24H2,(H,38,41)(H,39,42). The van der Waals surface area contributed by atoms with E-state index in [1.807, 2.05) is 60.7 Å². The van der Waals surface area contributed by atoms with Crippen LogP contribution in [0.2, 0.25) is 0 Å². The summed E-state index contributed by atoms with van der Waals surface area (Å²) >= 11 is 2.96. The van der Waals surface area contributed by atoms with Crippen molar-refractivity contribution in [3.05, 3.63) is 112 Å². The lowest BCUT2D eigenvalue weighted by molar-refractivity contribution is -0.120. The van der Waals surface area contributed by atoms with Gasteiger partial charge in [0, 0.05) is 41.0 Å². The fourth-order valence-electron chi connectivity index (χ4n) is 6.11. The Morgan fingerprint density at radius 3 is 2.45 bits per heavy atom. The second-order valence-electron chi connectivity index (χ2n) is 11.5. The third-order valence-electron chi connectivity index (χ3n) is 8.41. The van der Waals surface area contributed by atoms with Gasteiger partial charge in [-0.15, -0.1) is 23.1 Å². The molecule has 4 aromatic rings. The molecule has 224 valence electrons. The van der Waals surface area contributed by atoms with Crippen molar-refractivity contribution >= 4 is 45.6 Å². The van der Waals surface area contributed by atoms with Crippen LogP contribution < -0.4 is 10.6 Å². The molecule has 2 amide bonds. The normalized spacial score (nSPS) is 16.0. The highest BCUT2D eigenvalue weighted by atomic mass is 32.2. The topological polar surface area (TPSA) is 85.2 Å². The quantitative estimate of drug-likeness (QED) is 0.184. The fourth-order valence-corrected chi connectivity index (χ4v) is 8.44. The maximum Gasteiger partial charge on any atom is 0.243 e. The van der Waals surface area contributed by atoms with Gasteiger partial charge in [-0.25, -0.2) is 0 Å². The SMILES string of the molecule is N#Cc1c(NC(=O)C(Sc2cccc(NC(=O)C3CCCCC3)c2)c2ccccc2)sc2c1CCN(Cc1ccccc1)C2. The molecule has 1 saturated carbocycles. The van der Waals surface area contributed by atoms with Gasteiger partial charge in [0.05, 0.1) is 5.56 Å². The second-order valence-corrected chi connectivity index (χ2v) is 13.8. The lowest BCUT2D eigenvalue weighted by Crippen LogP contribution is -2.29. The van der Waals surface area contributed by atoms with Crippen LogP contribution in [0.3, 0.4) is 0 Å². The molecule has 0 saturated heterocycles. The molecule has 0 spiro atoms. The number of amides is 2. The maximum absolute atomic E-state index is 14.0. The number of hydrogen-bond acceptors (Lipinski definition) is 6. The molecule has 1 aromatic heterocycles. The van der Waals surface area contributed by atoms with Crippen LogP contribution in [0, 0.1) is 17.2 Å². The summed E-state index contributed by atoms with van der Waals surface area (Å²) in [4.78, 5) is 31.3. The molecule has 1 unspecified atom stereocenters. The van der Waals surface area contributed by atoms with Crippen LogP contribution in [0.15, 0.2) is 89.8 Å². The Balaban J connectivity index is 1.19. The van der Waals surface area contributed by atoms with Crippen LogP contribution in [0.1, 0.15) is 64.5 Å². The van der Waals surface area contributed by atoms with Crippen LogP contribution in [-0.4, -0.2) is 23.3 Å². The van der Waals surface area contributed by atoms with Crippen LogP contribution in [0.5, 0.6) is 0 Å². The highest BCUT2D eigenvalue weighted by Crippen LogP contribution is 2.41. The van der Waals surface area contributed by atoms with Crippen molar-refractivity contribution in [2.24, 2.45) is 5.92 Å². The summed E-state index contributed by atoms with van der Waals surface area (Å²) in [5, 5.41) is 16.4. The number of nitrogens with zero attached hydrogens (tertiary/aromatic N) is 2. The minimum absolute atomic E-state index is 0.0688. The third-order valence-corrected chi connectivity index (χ3v) is 10.8. The van der Waals surface area contributed by atoms with Gasteiger partial charge in [0.2, 0.25) is 11.8 Å². The van der Waals surface area contributed by atoms with Gasteiger partial charge in [-0.1, -0.05) is 86.0 Å². The van der Waals surface area contributed by atoms with Crippen molar-refractivity contribution in [3.63, 3.8) is 0 Å². The molecule has 0 bridgehead atoms. The van der Waals surface area contributed by atoms with E-state index in [4.69, 9.17) is 0 Å². The van der Waals surface area contributed by atoms with Crippen molar-refractivity contribution in [1.29, 1.82) is 5.26 Å². The van der Waals surface area contributed by atoms with E-state index in [0.717, 1.165) is 78.3 Å². The monoisotopic (exact) mass is 620 g/mol. The van der Waals surface area contributed by atoms with E-state index in [-0.39, 0.29) is 17.7 Å². The zero-order chi connectivity index (χ0) is 30.3. The van der Waals surface area contributed by atoms with Gasteiger partial charge < -0.3 is 10.6 Å². The molecule has 2 heterocycles. The minimum Gasteiger partial charge on any atom is -0.326 e. The van der Waals surface area contributed by atoms with Crippen molar-refractivity contribution in [3.8, 4) is 6.07 Å². The minimum atomic E-state index is -0.541. The van der Waals surface area contributed by atoms with E-state index >= 15 is 0 Å². The summed E-state index contributed by atoms with van der Waals surface area (Å²) in [6.45, 7) is 2.49. The summed E-state index contributed by atoms with van der Waals surface area (Å²) in [5.74, 6) is -0.0226. The molecule has 2 aliphatic rings. The van der Waals surface area contributed by atoms with Crippen LogP contribution in [0.4, 0.5) is 10.7 Å². The van der Waals surface area contributed by atoms with Gasteiger partial charge in [0.1, 0.15) is 16.3 Å². The highest BCUT2D eigenvalue weighted by molar-refractivity contribution is 8.00. The molecule has 44 heavy (non-hydrogen) atoms. The molecule has 6 nitrogen and oxygen atoms in total. The van der Waals surface area contributed by atoms with E-state index in [0.29, 0.717) is 10.6 Å². The molecule has 6 rings (SSSR count). The summed E-state index contributed by atoms with van der Waals surface area (Å²) in [5.41, 5.74) is 4.53. The van der Waals surface area contributed by atoms with Crippen LogP contribution in [0.25, 0.3) is 0 Å². The zero-order valence-corrected chi connectivity index (χ0v) is 26.3. The van der Waals surface area contributed by atoms with E-state index in [1.54, 1.807) is 0 Å². The summed E-state index contributed by atoms with van der Waals surface area (Å²) in [6.07, 6.45) is 6.09. The zero-order valence-electron chi connectivity index (χ0n) is 24.6. The molecule has 3 aromatic carbocycles. The Labute approximate surface area is 267 Å². The lowest BCUT2D eigenvalue weighted by Gasteiger charge is -2.26. The van der Waals surface area contributed by atoms with Crippen molar-refractivity contribution in [2.75, 3.05) is 17.2 Å². The summed E-state index contributed by atoms with van der Waals surface area (Å²) in [6, 6.07) is 30.3. The first kappa shape index (κ1) is 30.1. The number of hydrogen-bond donors (Lipinski definition) is 2. The van der Waals surface area contributed by atoms with Crippen molar-refractivity contribution in [2.45, 2.75) is 61.8 Å². The van der Waals surface area contributed by atoms with Crippen LogP contribution >= 0.6 is 23.1 Å². The Hall–Kier alpha value is -3.90. The Morgan fingerprint density at radius 1 is 0.955 bits per heavy atom. The second kappa shape index (κ2) is 14.3. The summed E-state index contributed by atoms with van der Waals surface area (Å²) in [7, 11) is 0.